The maximum Gasteiger partial charge on any atom is 0.490 e. The lowest BCUT2D eigenvalue weighted by molar-refractivity contribution is -0.745. The van der Waals surface area contributed by atoms with Gasteiger partial charge in [-0.2, -0.15) is 8.62 Å². The molecule has 2 aliphatic heterocycles. The fourth-order valence-corrected chi connectivity index (χ4v) is 9.80. The van der Waals surface area contributed by atoms with E-state index in [1.165, 1.54) is 46.9 Å². The predicted molar refractivity (Wildman–Crippen MR) is 178 cm³/mol. The predicted octanol–water partition coefficient (Wildman–Crippen LogP) is -0.865. The zero-order valence-electron chi connectivity index (χ0n) is 28.6. The number of phosphoric ester groups is 2. The van der Waals surface area contributed by atoms with Crippen molar-refractivity contribution in [2.75, 3.05) is 45.5 Å². The number of aliphatic hydroxyl groups is 1. The minimum absolute atomic E-state index is 0.0605. The molecule has 26 nitrogen and oxygen atoms in total. The summed E-state index contributed by atoms with van der Waals surface area (Å²) in [6.45, 7) is -1.37. The van der Waals surface area contributed by atoms with E-state index in [1.807, 2.05) is 0 Å². The fourth-order valence-electron chi connectivity index (χ4n) is 6.26. The molecular formula is C25H38N10O16P3+. The minimum Gasteiger partial charge on any atom is -0.386 e. The number of aromatic nitrogens is 8. The number of nitrogens with zero attached hydrogens (tertiary/aromatic N) is 7. The molecule has 0 radical (unpaired) electrons. The molecule has 2 aliphatic rings. The van der Waals surface area contributed by atoms with Crippen molar-refractivity contribution in [2.45, 2.75) is 49.7 Å². The molecule has 54 heavy (non-hydrogen) atoms. The second kappa shape index (κ2) is 15.7. The van der Waals surface area contributed by atoms with Crippen LogP contribution < -0.4 is 21.6 Å². The van der Waals surface area contributed by atoms with Gasteiger partial charge in [-0.25, -0.2) is 33.2 Å². The zero-order valence-corrected chi connectivity index (χ0v) is 31.3. The van der Waals surface area contributed by atoms with Crippen LogP contribution >= 0.6 is 23.5 Å². The highest BCUT2D eigenvalue weighted by Crippen LogP contribution is 2.68. The molecular weight excluding hydrogens is 789 g/mol. The number of H-pyrrole nitrogens is 1. The Morgan fingerprint density at radius 1 is 1.04 bits per heavy atom. The molecule has 10 atom stereocenters. The van der Waals surface area contributed by atoms with Crippen LogP contribution in [0.3, 0.4) is 0 Å². The number of hydrogen-bond donors (Lipinski definition) is 7. The highest BCUT2D eigenvalue weighted by Gasteiger charge is 2.49. The Morgan fingerprint density at radius 2 is 1.74 bits per heavy atom. The van der Waals surface area contributed by atoms with Gasteiger partial charge in [-0.3, -0.25) is 28.0 Å². The van der Waals surface area contributed by atoms with Crippen molar-refractivity contribution >= 4 is 57.6 Å². The van der Waals surface area contributed by atoms with Crippen molar-refractivity contribution in [3.63, 3.8) is 0 Å². The Labute approximate surface area is 303 Å². The van der Waals surface area contributed by atoms with Crippen LogP contribution in [0.4, 0.5) is 11.8 Å². The molecule has 2 saturated heterocycles. The Balaban J connectivity index is 1.07. The van der Waals surface area contributed by atoms with Gasteiger partial charge in [0.1, 0.15) is 24.1 Å². The molecule has 0 spiro atoms. The number of aromatic amines is 1. The van der Waals surface area contributed by atoms with Crippen LogP contribution in [0.5, 0.6) is 0 Å². The number of aliphatic hydroxyl groups excluding tert-OH is 1. The van der Waals surface area contributed by atoms with E-state index in [9.17, 15) is 38.3 Å². The molecule has 0 bridgehead atoms. The molecule has 298 valence electrons. The number of nitrogen functional groups attached to an aromatic ring is 2. The number of fused-ring (bicyclic) bond motifs is 2. The van der Waals surface area contributed by atoms with E-state index in [-0.39, 0.29) is 42.4 Å². The first-order valence-electron chi connectivity index (χ1n) is 15.8. The second-order valence-corrected chi connectivity index (χ2v) is 16.8. The number of rotatable bonds is 16. The molecule has 0 saturated carbocycles. The van der Waals surface area contributed by atoms with Crippen molar-refractivity contribution in [3.8, 4) is 0 Å². The summed E-state index contributed by atoms with van der Waals surface area (Å²) in [5, 5.41) is 11.2. The maximum absolute atomic E-state index is 12.8. The van der Waals surface area contributed by atoms with Crippen molar-refractivity contribution in [2.24, 2.45) is 13.0 Å². The van der Waals surface area contributed by atoms with E-state index >= 15 is 0 Å². The second-order valence-electron chi connectivity index (χ2n) is 12.2. The highest BCUT2D eigenvalue weighted by atomic mass is 31.3. The topological polar surface area (TPSA) is 356 Å². The normalized spacial score (nSPS) is 28.0. The molecule has 0 aromatic carbocycles. The molecule has 2 fully saturated rings. The number of anilines is 2. The van der Waals surface area contributed by atoms with Crippen molar-refractivity contribution < 1.29 is 74.7 Å². The molecule has 6 rings (SSSR count). The van der Waals surface area contributed by atoms with Gasteiger partial charge in [0, 0.05) is 33.2 Å². The van der Waals surface area contributed by atoms with Crippen LogP contribution in [0, 0.1) is 5.92 Å². The molecule has 0 aliphatic carbocycles. The molecule has 4 aromatic heterocycles. The van der Waals surface area contributed by atoms with Crippen LogP contribution in [0.2, 0.25) is 0 Å². The molecule has 3 unspecified atom stereocenters. The van der Waals surface area contributed by atoms with Gasteiger partial charge >= 0.3 is 29.1 Å². The average Bonchev–Trinajstić information content (AvgIpc) is 3.84. The quantitative estimate of drug-likeness (QED) is 0.0533. The van der Waals surface area contributed by atoms with Crippen molar-refractivity contribution in [3.05, 3.63) is 29.3 Å². The van der Waals surface area contributed by atoms with Gasteiger partial charge in [0.2, 0.25) is 11.7 Å². The van der Waals surface area contributed by atoms with E-state index in [1.54, 1.807) is 7.05 Å². The smallest absolute Gasteiger partial charge is 0.386 e. The van der Waals surface area contributed by atoms with E-state index < -0.39 is 85.0 Å². The summed E-state index contributed by atoms with van der Waals surface area (Å²) in [7, 11) is -12.5. The molecule has 0 amide bonds. The van der Waals surface area contributed by atoms with Crippen molar-refractivity contribution in [1.29, 1.82) is 0 Å². The lowest BCUT2D eigenvalue weighted by Gasteiger charge is -2.22. The summed E-state index contributed by atoms with van der Waals surface area (Å²) >= 11 is 0. The zero-order chi connectivity index (χ0) is 39.2. The third kappa shape index (κ3) is 8.58. The van der Waals surface area contributed by atoms with E-state index in [0.717, 1.165) is 0 Å². The Morgan fingerprint density at radius 3 is 2.43 bits per heavy atom. The van der Waals surface area contributed by atoms with Gasteiger partial charge < -0.3 is 50.2 Å². The minimum atomic E-state index is -5.85. The standard InChI is InChI=1S/C25H37N10O16P3/c1-33-11-35(21-17(33)22(37)32-25(27)31-21)24-18(36)13(4-5-44-2)15(49-24)8-47-53(40,41)51-54(42,43)50-52(38,39)46-7-12-6-14(45-3)23(48-12)34-10-30-16-19(26)28-9-29-20(16)34/h9-15,18,23-24,36H,4-8H2,1-3H3,(H7-,26,27,28,29,31,32,37,38,39,40,41,42,43)/p+1/t12-,13+,14+,15+,18+,23+,24+/m0/s1. The van der Waals surface area contributed by atoms with Gasteiger partial charge in [-0.05, 0) is 6.42 Å². The van der Waals surface area contributed by atoms with E-state index in [0.29, 0.717) is 11.2 Å². The first-order valence-corrected chi connectivity index (χ1v) is 20.3. The first kappa shape index (κ1) is 40.4. The average molecular weight is 828 g/mol. The van der Waals surface area contributed by atoms with Gasteiger partial charge in [-0.1, -0.05) is 4.98 Å². The number of nitrogens with two attached hydrogens (primary N) is 2. The Kier molecular flexibility index (Phi) is 11.7. The molecule has 6 heterocycles. The monoisotopic (exact) mass is 827 g/mol. The first-order chi connectivity index (χ1) is 25.4. The van der Waals surface area contributed by atoms with E-state index in [4.69, 9.17) is 39.5 Å². The summed E-state index contributed by atoms with van der Waals surface area (Å²) in [5.41, 5.74) is 11.8. The third-order valence-corrected chi connectivity index (χ3v) is 12.8. The lowest BCUT2D eigenvalue weighted by atomic mass is 9.95. The number of hydrogen-bond acceptors (Lipinski definition) is 19. The van der Waals surface area contributed by atoms with Crippen LogP contribution in [-0.4, -0.2) is 112 Å². The number of ether oxygens (including phenoxy) is 4. The number of imidazole rings is 2. The molecule has 29 heteroatoms. The van der Waals surface area contributed by atoms with E-state index in [2.05, 4.69) is 33.5 Å². The van der Waals surface area contributed by atoms with Gasteiger partial charge in [0.15, 0.2) is 24.0 Å². The fraction of sp³-hybridized carbons (Fsp3) is 0.600. The van der Waals surface area contributed by atoms with Crippen LogP contribution in [-0.2, 0) is 57.4 Å². The highest BCUT2D eigenvalue weighted by molar-refractivity contribution is 7.66. The van der Waals surface area contributed by atoms with Crippen LogP contribution in [0.1, 0.15) is 25.3 Å². The maximum atomic E-state index is 12.8. The number of methoxy groups -OCH3 is 2. The summed E-state index contributed by atoms with van der Waals surface area (Å²) in [6, 6.07) is 0. The Hall–Kier alpha value is -3.29. The summed E-state index contributed by atoms with van der Waals surface area (Å²) < 4.78 is 83.1. The van der Waals surface area contributed by atoms with Crippen molar-refractivity contribution in [1.82, 2.24) is 34.1 Å². The van der Waals surface area contributed by atoms with Crippen LogP contribution in [0.25, 0.3) is 22.3 Å². The Bertz CT molecular complexity index is 2200. The largest absolute Gasteiger partial charge is 0.490 e. The summed E-state index contributed by atoms with van der Waals surface area (Å²) in [4.78, 5) is 61.9. The SMILES string of the molecule is COCC[C@H]1[C@@H](O)[C@H]([n+]2cn(C)c3c(=O)[nH]c(N)nc32)O[C@@H]1COP(=O)(O)OP(=O)(O)OP(=O)(O)OC[C@@H]1C[C@@H](OC)[C@H](n2cnc3c(N)ncnc32)O1. The summed E-state index contributed by atoms with van der Waals surface area (Å²) in [6.07, 6.45) is -1.80. The van der Waals surface area contributed by atoms with Gasteiger partial charge in [0.05, 0.1) is 38.8 Å². The number of aryl methyl sites for hydroxylation is 1. The molecule has 9 N–H and O–H groups in total. The van der Waals surface area contributed by atoms with Gasteiger partial charge in [0.25, 0.3) is 11.5 Å². The van der Waals surface area contributed by atoms with Crippen LogP contribution in [0.15, 0.2) is 23.8 Å². The lowest BCUT2D eigenvalue weighted by Crippen LogP contribution is -2.45. The number of phosphoric acid groups is 3. The molecule has 4 aromatic rings. The summed E-state index contributed by atoms with van der Waals surface area (Å²) in [5.74, 6) is -0.901. The van der Waals surface area contributed by atoms with Gasteiger partial charge in [-0.15, -0.1) is 0 Å². The number of nitrogens with one attached hydrogen (secondary N) is 1. The third-order valence-electron chi connectivity index (χ3n) is 8.59.